The number of unbranched alkanes of at least 4 members (excludes halogenated alkanes) is 3. The second-order valence-electron chi connectivity index (χ2n) is 6.20. The van der Waals surface area contributed by atoms with E-state index in [2.05, 4.69) is 69.0 Å². The third-order valence-corrected chi connectivity index (χ3v) is 4.25. The van der Waals surface area contributed by atoms with Crippen LogP contribution < -0.4 is 0 Å². The van der Waals surface area contributed by atoms with Crippen LogP contribution in [-0.2, 0) is 6.42 Å². The molecule has 0 amide bonds. The molecular formula is C23H34. The second kappa shape index (κ2) is 13.0. The number of rotatable bonds is 11. The smallest absolute Gasteiger partial charge is 0.00640 e. The summed E-state index contributed by atoms with van der Waals surface area (Å²) in [7, 11) is 0. The Hall–Kier alpha value is -1.52. The van der Waals surface area contributed by atoms with Crippen LogP contribution in [0.4, 0.5) is 0 Å². The van der Waals surface area contributed by atoms with Gasteiger partial charge in [0.15, 0.2) is 0 Å². The molecule has 0 fully saturated rings. The third kappa shape index (κ3) is 9.26. The van der Waals surface area contributed by atoms with E-state index in [0.717, 1.165) is 25.7 Å². The predicted octanol–water partition coefficient (Wildman–Crippen LogP) is 7.42. The zero-order chi connectivity index (χ0) is 16.8. The highest BCUT2D eigenvalue weighted by molar-refractivity contribution is 5.22. The van der Waals surface area contributed by atoms with Gasteiger partial charge in [-0.15, -0.1) is 5.73 Å². The Balaban J connectivity index is 2.60. The summed E-state index contributed by atoms with van der Waals surface area (Å²) < 4.78 is 0. The van der Waals surface area contributed by atoms with Crippen LogP contribution in [0.2, 0.25) is 0 Å². The van der Waals surface area contributed by atoms with E-state index in [1.54, 1.807) is 0 Å². The molecule has 0 radical (unpaired) electrons. The van der Waals surface area contributed by atoms with Crippen molar-refractivity contribution >= 4 is 0 Å². The Morgan fingerprint density at radius 3 is 2.35 bits per heavy atom. The molecule has 0 nitrogen and oxygen atoms in total. The van der Waals surface area contributed by atoms with Gasteiger partial charge in [0.05, 0.1) is 0 Å². The fraction of sp³-hybridized carbons (Fsp3) is 0.522. The molecule has 0 atom stereocenters. The van der Waals surface area contributed by atoms with E-state index in [4.69, 9.17) is 0 Å². The molecule has 0 aliphatic heterocycles. The molecule has 1 aromatic carbocycles. The van der Waals surface area contributed by atoms with Gasteiger partial charge in [-0.3, -0.25) is 0 Å². The van der Waals surface area contributed by atoms with Gasteiger partial charge in [-0.1, -0.05) is 82.5 Å². The standard InChI is InChI=1S/C23H34/c1-4-7-8-10-18-23(20-21(5-2)6-3)19-14-13-17-22-15-11-9-12-16-22/h9,11-12,14-16,19H,4-8,10,13,17-18H2,1-3H3/b19-14+. The summed E-state index contributed by atoms with van der Waals surface area (Å²) in [6.07, 6.45) is 15.6. The summed E-state index contributed by atoms with van der Waals surface area (Å²) in [6.45, 7) is 6.74. The van der Waals surface area contributed by atoms with Crippen LogP contribution in [0.15, 0.2) is 59.4 Å². The molecular weight excluding hydrogens is 276 g/mol. The Morgan fingerprint density at radius 1 is 0.957 bits per heavy atom. The van der Waals surface area contributed by atoms with Crippen LogP contribution >= 0.6 is 0 Å². The van der Waals surface area contributed by atoms with Crippen molar-refractivity contribution in [3.63, 3.8) is 0 Å². The van der Waals surface area contributed by atoms with Gasteiger partial charge in [0.25, 0.3) is 0 Å². The van der Waals surface area contributed by atoms with E-state index in [9.17, 15) is 0 Å². The van der Waals surface area contributed by atoms with E-state index in [0.29, 0.717) is 0 Å². The van der Waals surface area contributed by atoms with E-state index >= 15 is 0 Å². The third-order valence-electron chi connectivity index (χ3n) is 4.25. The van der Waals surface area contributed by atoms with Crippen LogP contribution in [-0.4, -0.2) is 0 Å². The molecule has 0 bridgehead atoms. The van der Waals surface area contributed by atoms with E-state index in [1.807, 2.05) is 0 Å². The molecule has 0 aliphatic carbocycles. The van der Waals surface area contributed by atoms with Gasteiger partial charge < -0.3 is 0 Å². The highest BCUT2D eigenvalue weighted by atomic mass is 14.0. The molecule has 1 rings (SSSR count). The number of hydrogen-bond donors (Lipinski definition) is 0. The van der Waals surface area contributed by atoms with Gasteiger partial charge in [0, 0.05) is 0 Å². The molecule has 0 aromatic heterocycles. The van der Waals surface area contributed by atoms with Crippen molar-refractivity contribution in [2.75, 3.05) is 0 Å². The van der Waals surface area contributed by atoms with Crippen LogP contribution in [0.5, 0.6) is 0 Å². The van der Waals surface area contributed by atoms with Crippen LogP contribution in [0.1, 0.15) is 77.7 Å². The molecule has 126 valence electrons. The largest absolute Gasteiger partial charge is 0.118 e. The molecule has 0 heteroatoms. The van der Waals surface area contributed by atoms with Gasteiger partial charge in [-0.2, -0.15) is 0 Å². The summed E-state index contributed by atoms with van der Waals surface area (Å²) >= 11 is 0. The second-order valence-corrected chi connectivity index (χ2v) is 6.20. The Bertz CT molecular complexity index is 492. The van der Waals surface area contributed by atoms with Crippen LogP contribution in [0, 0.1) is 0 Å². The van der Waals surface area contributed by atoms with Gasteiger partial charge in [0.1, 0.15) is 0 Å². The van der Waals surface area contributed by atoms with Crippen molar-refractivity contribution in [3.05, 3.63) is 64.9 Å². The minimum atomic E-state index is 1.11. The van der Waals surface area contributed by atoms with E-state index < -0.39 is 0 Å². The molecule has 0 saturated heterocycles. The van der Waals surface area contributed by atoms with Crippen molar-refractivity contribution < 1.29 is 0 Å². The topological polar surface area (TPSA) is 0 Å². The molecule has 23 heavy (non-hydrogen) atoms. The normalized spacial score (nSPS) is 10.7. The Labute approximate surface area is 144 Å². The maximum atomic E-state index is 3.68. The Kier molecular flexibility index (Phi) is 11.0. The number of aryl methyl sites for hydroxylation is 1. The van der Waals surface area contributed by atoms with E-state index in [-0.39, 0.29) is 0 Å². The minimum Gasteiger partial charge on any atom is -0.118 e. The van der Waals surface area contributed by atoms with Gasteiger partial charge in [-0.05, 0) is 55.2 Å². The van der Waals surface area contributed by atoms with Crippen LogP contribution in [0.25, 0.3) is 0 Å². The lowest BCUT2D eigenvalue weighted by molar-refractivity contribution is 0.668. The number of hydrogen-bond acceptors (Lipinski definition) is 0. The lowest BCUT2D eigenvalue weighted by Crippen LogP contribution is -1.84. The fourth-order valence-electron chi connectivity index (χ4n) is 2.70. The monoisotopic (exact) mass is 310 g/mol. The van der Waals surface area contributed by atoms with Crippen LogP contribution in [0.3, 0.4) is 0 Å². The first kappa shape index (κ1) is 19.5. The van der Waals surface area contributed by atoms with Crippen molar-refractivity contribution in [1.82, 2.24) is 0 Å². The lowest BCUT2D eigenvalue weighted by Gasteiger charge is -2.02. The van der Waals surface area contributed by atoms with E-state index in [1.165, 1.54) is 48.8 Å². The van der Waals surface area contributed by atoms with Gasteiger partial charge in [-0.25, -0.2) is 0 Å². The van der Waals surface area contributed by atoms with Crippen molar-refractivity contribution in [2.24, 2.45) is 0 Å². The van der Waals surface area contributed by atoms with Crippen molar-refractivity contribution in [2.45, 2.75) is 78.6 Å². The maximum Gasteiger partial charge on any atom is -0.00640 e. The summed E-state index contributed by atoms with van der Waals surface area (Å²) in [5.74, 6) is 0. The van der Waals surface area contributed by atoms with Crippen molar-refractivity contribution in [1.29, 1.82) is 0 Å². The maximum absolute atomic E-state index is 3.68. The Morgan fingerprint density at radius 2 is 1.70 bits per heavy atom. The summed E-state index contributed by atoms with van der Waals surface area (Å²) in [6, 6.07) is 10.7. The SMILES string of the molecule is CCCCCCC(=C=C(CC)CC)/C=C/CCc1ccccc1. The lowest BCUT2D eigenvalue weighted by atomic mass is 10.0. The molecule has 0 unspecified atom stereocenters. The summed E-state index contributed by atoms with van der Waals surface area (Å²) in [4.78, 5) is 0. The zero-order valence-corrected chi connectivity index (χ0v) is 15.4. The summed E-state index contributed by atoms with van der Waals surface area (Å²) in [5, 5.41) is 0. The molecule has 1 aromatic rings. The predicted molar refractivity (Wildman–Crippen MR) is 104 cm³/mol. The quantitative estimate of drug-likeness (QED) is 0.227. The average Bonchev–Trinajstić information content (AvgIpc) is 2.60. The first-order chi connectivity index (χ1) is 11.3. The fourth-order valence-corrected chi connectivity index (χ4v) is 2.70. The molecule has 0 N–H and O–H groups in total. The molecule has 0 saturated carbocycles. The number of allylic oxidation sites excluding steroid dienone is 3. The van der Waals surface area contributed by atoms with Gasteiger partial charge in [0.2, 0.25) is 0 Å². The summed E-state index contributed by atoms with van der Waals surface area (Å²) in [5.41, 5.74) is 7.94. The highest BCUT2D eigenvalue weighted by Crippen LogP contribution is 2.14. The molecule has 0 spiro atoms. The van der Waals surface area contributed by atoms with Gasteiger partial charge >= 0.3 is 0 Å². The average molecular weight is 311 g/mol. The number of benzene rings is 1. The van der Waals surface area contributed by atoms with Crippen molar-refractivity contribution in [3.8, 4) is 0 Å². The first-order valence-corrected chi connectivity index (χ1v) is 9.48. The first-order valence-electron chi connectivity index (χ1n) is 9.48. The highest BCUT2D eigenvalue weighted by Gasteiger charge is 1.96. The molecule has 0 heterocycles. The minimum absolute atomic E-state index is 1.11. The zero-order valence-electron chi connectivity index (χ0n) is 15.4. The molecule has 0 aliphatic rings.